The van der Waals surface area contributed by atoms with E-state index < -0.39 is 10.0 Å². The lowest BCUT2D eigenvalue weighted by molar-refractivity contribution is 0.581. The number of aryl methyl sites for hydroxylation is 2. The summed E-state index contributed by atoms with van der Waals surface area (Å²) in [5, 5.41) is 4.73. The van der Waals surface area contributed by atoms with Crippen molar-refractivity contribution < 1.29 is 8.42 Å². The Kier molecular flexibility index (Phi) is 4.77. The maximum Gasteiger partial charge on any atom is 0.240 e. The van der Waals surface area contributed by atoms with Gasteiger partial charge < -0.3 is 0 Å². The molecule has 0 aliphatic rings. The highest BCUT2D eigenvalue weighted by molar-refractivity contribution is 9.10. The quantitative estimate of drug-likeness (QED) is 0.870. The molecule has 0 fully saturated rings. The Morgan fingerprint density at radius 1 is 1.38 bits per heavy atom. The fraction of sp³-hybridized carbons (Fsp3) is 0.308. The van der Waals surface area contributed by atoms with Gasteiger partial charge in [-0.2, -0.15) is 5.10 Å². The zero-order valence-corrected chi connectivity index (χ0v) is 15.0. The number of nitrogens with zero attached hydrogens (tertiary/aromatic N) is 2. The predicted octanol–water partition coefficient (Wildman–Crippen LogP) is 2.93. The van der Waals surface area contributed by atoms with Crippen LogP contribution in [0, 0.1) is 13.8 Å². The molecule has 8 heteroatoms. The van der Waals surface area contributed by atoms with Crippen LogP contribution in [0.5, 0.6) is 0 Å². The highest BCUT2D eigenvalue weighted by Crippen LogP contribution is 2.25. The van der Waals surface area contributed by atoms with Gasteiger partial charge in [-0.05, 0) is 48.0 Å². The summed E-state index contributed by atoms with van der Waals surface area (Å²) in [7, 11) is -1.77. The van der Waals surface area contributed by atoms with Crippen molar-refractivity contribution in [1.82, 2.24) is 14.5 Å². The summed E-state index contributed by atoms with van der Waals surface area (Å²) in [6.07, 6.45) is 0. The van der Waals surface area contributed by atoms with Crippen LogP contribution >= 0.6 is 27.5 Å². The molecule has 0 amide bonds. The summed E-state index contributed by atoms with van der Waals surface area (Å²) in [4.78, 5) is 0.165. The van der Waals surface area contributed by atoms with E-state index in [2.05, 4.69) is 25.8 Å². The molecule has 1 N–H and O–H groups in total. The summed E-state index contributed by atoms with van der Waals surface area (Å²) in [6.45, 7) is 3.96. The van der Waals surface area contributed by atoms with E-state index in [1.165, 1.54) is 12.1 Å². The van der Waals surface area contributed by atoms with Crippen LogP contribution in [-0.4, -0.2) is 18.2 Å². The lowest BCUT2D eigenvalue weighted by atomic mass is 10.2. The second kappa shape index (κ2) is 6.08. The minimum absolute atomic E-state index is 0.165. The highest BCUT2D eigenvalue weighted by atomic mass is 79.9. The fourth-order valence-corrected chi connectivity index (χ4v) is 3.64. The average Bonchev–Trinajstić information content (AvgIpc) is 2.64. The lowest BCUT2D eigenvalue weighted by Crippen LogP contribution is -2.23. The van der Waals surface area contributed by atoms with E-state index in [1.807, 2.05) is 20.9 Å². The monoisotopic (exact) mass is 391 g/mol. The summed E-state index contributed by atoms with van der Waals surface area (Å²) in [5.74, 6) is 0. The molecule has 21 heavy (non-hydrogen) atoms. The fourth-order valence-electron chi connectivity index (χ4n) is 1.97. The highest BCUT2D eigenvalue weighted by Gasteiger charge is 2.17. The van der Waals surface area contributed by atoms with E-state index >= 15 is 0 Å². The van der Waals surface area contributed by atoms with Gasteiger partial charge in [-0.1, -0.05) is 11.6 Å². The third kappa shape index (κ3) is 3.48. The van der Waals surface area contributed by atoms with Crippen molar-refractivity contribution in [3.63, 3.8) is 0 Å². The number of aromatic nitrogens is 2. The van der Waals surface area contributed by atoms with E-state index in [0.29, 0.717) is 9.50 Å². The second-order valence-corrected chi connectivity index (χ2v) is 7.70. The molecule has 0 atom stereocenters. The van der Waals surface area contributed by atoms with Crippen molar-refractivity contribution >= 4 is 37.6 Å². The minimum Gasteiger partial charge on any atom is -0.272 e. The normalized spacial score (nSPS) is 11.9. The molecule has 0 radical (unpaired) electrons. The number of hydrogen-bond acceptors (Lipinski definition) is 3. The number of hydrogen-bond donors (Lipinski definition) is 1. The largest absolute Gasteiger partial charge is 0.272 e. The van der Waals surface area contributed by atoms with Gasteiger partial charge in [0.15, 0.2) is 0 Å². The van der Waals surface area contributed by atoms with Gasteiger partial charge >= 0.3 is 0 Å². The van der Waals surface area contributed by atoms with Crippen molar-refractivity contribution in [3.8, 4) is 0 Å². The number of halogens is 2. The molecule has 114 valence electrons. The Labute approximate surface area is 137 Å². The van der Waals surface area contributed by atoms with Crippen LogP contribution in [-0.2, 0) is 23.6 Å². The van der Waals surface area contributed by atoms with E-state index in [0.717, 1.165) is 17.0 Å². The van der Waals surface area contributed by atoms with E-state index in [4.69, 9.17) is 11.6 Å². The van der Waals surface area contributed by atoms with Crippen molar-refractivity contribution in [1.29, 1.82) is 0 Å². The molecule has 5 nitrogen and oxygen atoms in total. The van der Waals surface area contributed by atoms with Gasteiger partial charge in [-0.25, -0.2) is 13.1 Å². The van der Waals surface area contributed by atoms with Crippen molar-refractivity contribution in [2.24, 2.45) is 7.05 Å². The smallest absolute Gasteiger partial charge is 0.240 e. The van der Waals surface area contributed by atoms with Crippen LogP contribution in [0.2, 0.25) is 5.02 Å². The Bertz CT molecular complexity index is 787. The molecule has 1 aromatic carbocycles. The zero-order valence-electron chi connectivity index (χ0n) is 11.8. The number of rotatable bonds is 4. The van der Waals surface area contributed by atoms with Gasteiger partial charge in [0.2, 0.25) is 10.0 Å². The molecule has 0 spiro atoms. The molecule has 0 saturated heterocycles. The van der Waals surface area contributed by atoms with Crippen LogP contribution in [0.15, 0.2) is 27.6 Å². The van der Waals surface area contributed by atoms with E-state index in [-0.39, 0.29) is 11.4 Å². The molecule has 2 rings (SSSR count). The van der Waals surface area contributed by atoms with Gasteiger partial charge in [0.1, 0.15) is 0 Å². The average molecular weight is 393 g/mol. The topological polar surface area (TPSA) is 64.0 Å². The SMILES string of the molecule is Cc1nn(C)c(C)c1CNS(=O)(=O)c1ccc(Cl)c(Br)c1. The molecule has 0 saturated carbocycles. The molecule has 2 aromatic rings. The second-order valence-electron chi connectivity index (χ2n) is 4.67. The van der Waals surface area contributed by atoms with Crippen LogP contribution in [0.4, 0.5) is 0 Å². The third-order valence-electron chi connectivity index (χ3n) is 3.30. The van der Waals surface area contributed by atoms with Crippen molar-refractivity contribution in [2.45, 2.75) is 25.3 Å². The van der Waals surface area contributed by atoms with E-state index in [1.54, 1.807) is 10.7 Å². The first-order valence-electron chi connectivity index (χ1n) is 6.16. The van der Waals surface area contributed by atoms with Crippen LogP contribution in [0.3, 0.4) is 0 Å². The summed E-state index contributed by atoms with van der Waals surface area (Å²) >= 11 is 9.10. The third-order valence-corrected chi connectivity index (χ3v) is 5.91. The Morgan fingerprint density at radius 3 is 2.57 bits per heavy atom. The first-order chi connectivity index (χ1) is 9.72. The minimum atomic E-state index is -3.60. The number of sulfonamides is 1. The maximum atomic E-state index is 12.3. The molecule has 0 aliphatic carbocycles. The molecule has 0 aliphatic heterocycles. The molecule has 1 aromatic heterocycles. The van der Waals surface area contributed by atoms with Gasteiger partial charge in [-0.3, -0.25) is 4.68 Å². The Balaban J connectivity index is 2.23. The molecular formula is C13H15BrClN3O2S. The van der Waals surface area contributed by atoms with Crippen molar-refractivity contribution in [2.75, 3.05) is 0 Å². The maximum absolute atomic E-state index is 12.3. The van der Waals surface area contributed by atoms with Crippen molar-refractivity contribution in [3.05, 3.63) is 44.6 Å². The molecule has 1 heterocycles. The van der Waals surface area contributed by atoms with Gasteiger partial charge in [0.05, 0.1) is 15.6 Å². The summed E-state index contributed by atoms with van der Waals surface area (Å²) in [5.41, 5.74) is 2.64. The molecule has 0 unspecified atom stereocenters. The molecular weight excluding hydrogens is 378 g/mol. The lowest BCUT2D eigenvalue weighted by Gasteiger charge is -2.08. The first kappa shape index (κ1) is 16.5. The predicted molar refractivity (Wildman–Crippen MR) is 85.9 cm³/mol. The van der Waals surface area contributed by atoms with Gasteiger partial charge in [0.25, 0.3) is 0 Å². The van der Waals surface area contributed by atoms with Crippen LogP contribution in [0.25, 0.3) is 0 Å². The van der Waals surface area contributed by atoms with Gasteiger partial charge in [0, 0.05) is 29.3 Å². The van der Waals surface area contributed by atoms with E-state index in [9.17, 15) is 8.42 Å². The van der Waals surface area contributed by atoms with Crippen LogP contribution in [0.1, 0.15) is 17.0 Å². The Morgan fingerprint density at radius 2 is 2.05 bits per heavy atom. The first-order valence-corrected chi connectivity index (χ1v) is 8.81. The summed E-state index contributed by atoms with van der Waals surface area (Å²) in [6, 6.07) is 4.49. The Hall–Kier alpha value is -0.890. The summed E-state index contributed by atoms with van der Waals surface area (Å²) < 4.78 is 29.5. The van der Waals surface area contributed by atoms with Crippen LogP contribution < -0.4 is 4.72 Å². The molecule has 0 bridgehead atoms. The number of nitrogens with one attached hydrogen (secondary N) is 1. The zero-order chi connectivity index (χ0) is 15.8. The van der Waals surface area contributed by atoms with Gasteiger partial charge in [-0.15, -0.1) is 0 Å². The number of benzene rings is 1. The standard InChI is InChI=1S/C13H15BrClN3O2S/c1-8-11(9(2)18(3)17-8)7-16-21(19,20)10-4-5-13(15)12(14)6-10/h4-6,16H,7H2,1-3H3.